The van der Waals surface area contributed by atoms with Crippen molar-refractivity contribution in [3.8, 4) is 11.5 Å². The number of imide groups is 1. The van der Waals surface area contributed by atoms with Crippen molar-refractivity contribution in [3.05, 3.63) is 46.2 Å². The van der Waals surface area contributed by atoms with E-state index in [9.17, 15) is 14.4 Å². The van der Waals surface area contributed by atoms with Crippen LogP contribution in [-0.2, 0) is 21.7 Å². The zero-order valence-corrected chi connectivity index (χ0v) is 15.3. The van der Waals surface area contributed by atoms with Gasteiger partial charge in [-0.1, -0.05) is 12.1 Å². The van der Waals surface area contributed by atoms with Crippen molar-refractivity contribution in [2.45, 2.75) is 19.0 Å². The van der Waals surface area contributed by atoms with E-state index in [0.717, 1.165) is 9.78 Å². The fourth-order valence-corrected chi connectivity index (χ4v) is 3.69. The number of nitrogens with zero attached hydrogens (tertiary/aromatic N) is 1. The number of urea groups is 1. The first-order chi connectivity index (χ1) is 13.0. The van der Waals surface area contributed by atoms with E-state index in [1.54, 1.807) is 25.1 Å². The second-order valence-corrected chi connectivity index (χ2v) is 7.40. The first-order valence-corrected chi connectivity index (χ1v) is 9.18. The van der Waals surface area contributed by atoms with Crippen molar-refractivity contribution in [3.63, 3.8) is 0 Å². The molecule has 1 aromatic carbocycles. The number of rotatable bonds is 5. The number of fused-ring (bicyclic) bond motifs is 1. The van der Waals surface area contributed by atoms with Crippen LogP contribution < -0.4 is 20.1 Å². The Balaban J connectivity index is 1.47. The Kier molecular flexibility index (Phi) is 4.23. The lowest BCUT2D eigenvalue weighted by molar-refractivity contribution is -0.134. The monoisotopic (exact) mass is 387 g/mol. The van der Waals surface area contributed by atoms with E-state index in [1.165, 1.54) is 11.3 Å². The highest BCUT2D eigenvalue weighted by Gasteiger charge is 2.49. The summed E-state index contributed by atoms with van der Waals surface area (Å²) in [7, 11) is 0. The number of amides is 4. The fraction of sp³-hybridized carbons (Fsp3) is 0.278. The first kappa shape index (κ1) is 17.3. The molecule has 1 fully saturated rings. The summed E-state index contributed by atoms with van der Waals surface area (Å²) in [5, 5.41) is 7.30. The number of thiophene rings is 1. The molecule has 9 heteroatoms. The van der Waals surface area contributed by atoms with E-state index < -0.39 is 23.4 Å². The highest BCUT2D eigenvalue weighted by molar-refractivity contribution is 7.09. The molecule has 8 nitrogen and oxygen atoms in total. The number of nitrogens with one attached hydrogen (secondary N) is 2. The molecule has 0 unspecified atom stereocenters. The van der Waals surface area contributed by atoms with Gasteiger partial charge in [0, 0.05) is 4.88 Å². The van der Waals surface area contributed by atoms with Crippen molar-refractivity contribution >= 4 is 29.2 Å². The minimum absolute atomic E-state index is 0.117. The van der Waals surface area contributed by atoms with Gasteiger partial charge in [0.1, 0.15) is 12.1 Å². The van der Waals surface area contributed by atoms with Gasteiger partial charge in [-0.25, -0.2) is 4.79 Å². The standard InChI is InChI=1S/C18H17N3O5S/c1-18(11-4-5-13-14(7-11)26-10-25-13)16(23)21(17(24)20-18)9-15(22)19-8-12-3-2-6-27-12/h2-7H,8-10H2,1H3,(H,19,22)(H,20,24)/t18-/m1/s1. The van der Waals surface area contributed by atoms with Crippen LogP contribution in [0, 0.1) is 0 Å². The molecule has 3 heterocycles. The van der Waals surface area contributed by atoms with Crippen LogP contribution >= 0.6 is 11.3 Å². The average molecular weight is 387 g/mol. The smallest absolute Gasteiger partial charge is 0.325 e. The maximum absolute atomic E-state index is 12.9. The normalized spacial score (nSPS) is 20.7. The average Bonchev–Trinajstić information content (AvgIpc) is 3.37. The predicted molar refractivity (Wildman–Crippen MR) is 96.3 cm³/mol. The van der Waals surface area contributed by atoms with Gasteiger partial charge >= 0.3 is 6.03 Å². The summed E-state index contributed by atoms with van der Waals surface area (Å²) in [6.07, 6.45) is 0. The van der Waals surface area contributed by atoms with Gasteiger partial charge in [0.25, 0.3) is 5.91 Å². The maximum Gasteiger partial charge on any atom is 0.325 e. The molecule has 0 aliphatic carbocycles. The molecule has 2 aromatic rings. The second-order valence-electron chi connectivity index (χ2n) is 6.37. The Morgan fingerprint density at radius 2 is 2.11 bits per heavy atom. The minimum Gasteiger partial charge on any atom is -0.454 e. The summed E-state index contributed by atoms with van der Waals surface area (Å²) in [6.45, 7) is 1.75. The molecule has 0 spiro atoms. The van der Waals surface area contributed by atoms with E-state index in [1.807, 2.05) is 17.5 Å². The van der Waals surface area contributed by atoms with E-state index in [2.05, 4.69) is 10.6 Å². The summed E-state index contributed by atoms with van der Waals surface area (Å²) >= 11 is 1.52. The zero-order valence-electron chi connectivity index (χ0n) is 14.5. The second kappa shape index (κ2) is 6.58. The predicted octanol–water partition coefficient (Wildman–Crippen LogP) is 1.56. The molecule has 4 rings (SSSR count). The Labute approximate surface area is 159 Å². The van der Waals surface area contributed by atoms with Crippen molar-refractivity contribution in [2.24, 2.45) is 0 Å². The molecule has 2 aliphatic rings. The van der Waals surface area contributed by atoms with Crippen LogP contribution in [-0.4, -0.2) is 36.1 Å². The molecule has 0 radical (unpaired) electrons. The highest BCUT2D eigenvalue weighted by Crippen LogP contribution is 2.37. The molecule has 1 aromatic heterocycles. The quantitative estimate of drug-likeness (QED) is 0.759. The third-order valence-corrected chi connectivity index (χ3v) is 5.44. The van der Waals surface area contributed by atoms with Crippen LogP contribution in [0.3, 0.4) is 0 Å². The van der Waals surface area contributed by atoms with E-state index in [-0.39, 0.29) is 13.3 Å². The largest absolute Gasteiger partial charge is 0.454 e. The molecule has 27 heavy (non-hydrogen) atoms. The van der Waals surface area contributed by atoms with Gasteiger partial charge in [0.15, 0.2) is 11.5 Å². The molecule has 140 valence electrons. The Bertz CT molecular complexity index is 914. The zero-order chi connectivity index (χ0) is 19.0. The summed E-state index contributed by atoms with van der Waals surface area (Å²) in [6, 6.07) is 8.24. The number of hydrogen-bond acceptors (Lipinski definition) is 6. The first-order valence-electron chi connectivity index (χ1n) is 8.31. The van der Waals surface area contributed by atoms with Crippen LogP contribution in [0.4, 0.5) is 4.79 Å². The number of ether oxygens (including phenoxy) is 2. The van der Waals surface area contributed by atoms with Gasteiger partial charge in [0.2, 0.25) is 12.7 Å². The third kappa shape index (κ3) is 3.10. The van der Waals surface area contributed by atoms with Crippen molar-refractivity contribution in [2.75, 3.05) is 13.3 Å². The van der Waals surface area contributed by atoms with Crippen LogP contribution in [0.15, 0.2) is 35.7 Å². The number of hydrogen-bond donors (Lipinski definition) is 2. The van der Waals surface area contributed by atoms with Crippen LogP contribution in [0.1, 0.15) is 17.4 Å². The topological polar surface area (TPSA) is 97.0 Å². The van der Waals surface area contributed by atoms with Gasteiger partial charge in [-0.05, 0) is 36.1 Å². The van der Waals surface area contributed by atoms with E-state index in [4.69, 9.17) is 9.47 Å². The minimum atomic E-state index is -1.27. The van der Waals surface area contributed by atoms with Gasteiger partial charge in [0.05, 0.1) is 6.54 Å². The lowest BCUT2D eigenvalue weighted by Gasteiger charge is -2.22. The lowest BCUT2D eigenvalue weighted by atomic mass is 9.91. The van der Waals surface area contributed by atoms with Crippen molar-refractivity contribution in [1.82, 2.24) is 15.5 Å². The van der Waals surface area contributed by atoms with E-state index >= 15 is 0 Å². The molecule has 0 saturated carbocycles. The Morgan fingerprint density at radius 1 is 1.30 bits per heavy atom. The third-order valence-electron chi connectivity index (χ3n) is 4.57. The lowest BCUT2D eigenvalue weighted by Crippen LogP contribution is -2.43. The highest BCUT2D eigenvalue weighted by atomic mass is 32.1. The van der Waals surface area contributed by atoms with Gasteiger partial charge in [-0.2, -0.15) is 0 Å². The molecule has 4 amide bonds. The Morgan fingerprint density at radius 3 is 2.89 bits per heavy atom. The maximum atomic E-state index is 12.9. The van der Waals surface area contributed by atoms with Crippen molar-refractivity contribution < 1.29 is 23.9 Å². The van der Waals surface area contributed by atoms with Crippen LogP contribution in [0.5, 0.6) is 11.5 Å². The van der Waals surface area contributed by atoms with Crippen molar-refractivity contribution in [1.29, 1.82) is 0 Å². The number of carbonyl (C=O) groups is 3. The summed E-state index contributed by atoms with van der Waals surface area (Å²) < 4.78 is 10.6. The summed E-state index contributed by atoms with van der Waals surface area (Å²) in [4.78, 5) is 39.3. The van der Waals surface area contributed by atoms with Crippen LogP contribution in [0.2, 0.25) is 0 Å². The van der Waals surface area contributed by atoms with Gasteiger partial charge in [-0.15, -0.1) is 11.3 Å². The summed E-state index contributed by atoms with van der Waals surface area (Å²) in [5.74, 6) is 0.214. The molecule has 2 aliphatic heterocycles. The SMILES string of the molecule is C[C@]1(c2ccc3c(c2)OCO3)NC(=O)N(CC(=O)NCc2cccs2)C1=O. The molecule has 1 saturated heterocycles. The molecule has 0 bridgehead atoms. The van der Waals surface area contributed by atoms with E-state index in [0.29, 0.717) is 23.6 Å². The number of carbonyl (C=O) groups excluding carboxylic acids is 3. The number of benzene rings is 1. The molecular formula is C18H17N3O5S. The molecule has 1 atom stereocenters. The fourth-order valence-electron chi connectivity index (χ4n) is 3.04. The van der Waals surface area contributed by atoms with Gasteiger partial charge in [-0.3, -0.25) is 14.5 Å². The summed E-state index contributed by atoms with van der Waals surface area (Å²) in [5.41, 5.74) is -0.710. The van der Waals surface area contributed by atoms with Crippen LogP contribution in [0.25, 0.3) is 0 Å². The Hall–Kier alpha value is -3.07. The van der Waals surface area contributed by atoms with Gasteiger partial charge < -0.3 is 20.1 Å². The molecule has 2 N–H and O–H groups in total. The molecular weight excluding hydrogens is 370 g/mol.